The molecule has 0 spiro atoms. The van der Waals surface area contributed by atoms with Crippen molar-refractivity contribution in [3.05, 3.63) is 53.5 Å². The molecule has 3 nitrogen and oxygen atoms in total. The van der Waals surface area contributed by atoms with E-state index in [0.717, 1.165) is 29.1 Å². The second kappa shape index (κ2) is 4.57. The maximum absolute atomic E-state index is 12.4. The Balaban J connectivity index is 1.77. The van der Waals surface area contributed by atoms with Crippen LogP contribution in [-0.4, -0.2) is 12.9 Å². The van der Waals surface area contributed by atoms with Gasteiger partial charge in [-0.3, -0.25) is 4.79 Å². The number of carbonyl (C=O) groups excluding carboxylic acids is 1. The molecule has 1 aliphatic carbocycles. The summed E-state index contributed by atoms with van der Waals surface area (Å²) in [5, 5.41) is 0. The number of furan rings is 1. The van der Waals surface area contributed by atoms with Crippen molar-refractivity contribution in [2.75, 3.05) is 7.11 Å². The van der Waals surface area contributed by atoms with E-state index < -0.39 is 0 Å². The summed E-state index contributed by atoms with van der Waals surface area (Å²) in [5.74, 6) is 2.26. The number of hydrogen-bond donors (Lipinski definition) is 0. The van der Waals surface area contributed by atoms with Gasteiger partial charge in [0.2, 0.25) is 0 Å². The molecule has 2 unspecified atom stereocenters. The van der Waals surface area contributed by atoms with Crippen molar-refractivity contribution < 1.29 is 13.9 Å². The predicted octanol–water partition coefficient (Wildman–Crippen LogP) is 3.58. The van der Waals surface area contributed by atoms with Gasteiger partial charge in [-0.2, -0.15) is 0 Å². The van der Waals surface area contributed by atoms with E-state index >= 15 is 0 Å². The number of ketones is 1. The number of Topliss-reactive ketones (excluding diaryl/α,β-unsaturated/α-hetero) is 1. The highest BCUT2D eigenvalue weighted by atomic mass is 16.5. The lowest BCUT2D eigenvalue weighted by atomic mass is 10.0. The number of benzene rings is 1. The number of methoxy groups -OCH3 is 1. The van der Waals surface area contributed by atoms with Crippen LogP contribution in [0.2, 0.25) is 0 Å². The van der Waals surface area contributed by atoms with Gasteiger partial charge in [0.25, 0.3) is 0 Å². The monoisotopic (exact) mass is 256 g/mol. The predicted molar refractivity (Wildman–Crippen MR) is 71.6 cm³/mol. The van der Waals surface area contributed by atoms with E-state index in [1.54, 1.807) is 13.4 Å². The first kappa shape index (κ1) is 12.0. The van der Waals surface area contributed by atoms with Crippen LogP contribution >= 0.6 is 0 Å². The lowest BCUT2D eigenvalue weighted by molar-refractivity contribution is 0.0964. The lowest BCUT2D eigenvalue weighted by Gasteiger charge is -2.06. The molecule has 0 amide bonds. The highest BCUT2D eigenvalue weighted by Gasteiger charge is 2.45. The fourth-order valence-electron chi connectivity index (χ4n) is 2.55. The van der Waals surface area contributed by atoms with Crippen LogP contribution in [0.15, 0.2) is 41.0 Å². The van der Waals surface area contributed by atoms with Crippen LogP contribution in [0.3, 0.4) is 0 Å². The average molecular weight is 256 g/mol. The second-order valence-corrected chi connectivity index (χ2v) is 5.01. The van der Waals surface area contributed by atoms with Crippen LogP contribution in [0.25, 0.3) is 0 Å². The van der Waals surface area contributed by atoms with Crippen molar-refractivity contribution >= 4 is 5.78 Å². The smallest absolute Gasteiger partial charge is 0.166 e. The van der Waals surface area contributed by atoms with Gasteiger partial charge in [0.15, 0.2) is 5.78 Å². The second-order valence-electron chi connectivity index (χ2n) is 5.01. The van der Waals surface area contributed by atoms with E-state index in [9.17, 15) is 4.79 Å². The molecule has 1 aliphatic rings. The first-order chi connectivity index (χ1) is 9.20. The molecule has 3 rings (SSSR count). The Morgan fingerprint density at radius 1 is 1.37 bits per heavy atom. The Labute approximate surface area is 112 Å². The molecule has 1 fully saturated rings. The van der Waals surface area contributed by atoms with E-state index in [-0.39, 0.29) is 17.6 Å². The van der Waals surface area contributed by atoms with Gasteiger partial charge in [-0.15, -0.1) is 0 Å². The maximum atomic E-state index is 12.4. The van der Waals surface area contributed by atoms with Gasteiger partial charge in [-0.25, -0.2) is 0 Å². The van der Waals surface area contributed by atoms with Crippen molar-refractivity contribution in [2.45, 2.75) is 19.3 Å². The van der Waals surface area contributed by atoms with Gasteiger partial charge >= 0.3 is 0 Å². The van der Waals surface area contributed by atoms with Crippen LogP contribution in [0, 0.1) is 12.8 Å². The Hall–Kier alpha value is -2.03. The Bertz CT molecular complexity index is 598. The number of hydrogen-bond acceptors (Lipinski definition) is 3. The van der Waals surface area contributed by atoms with E-state index in [2.05, 4.69) is 0 Å². The highest BCUT2D eigenvalue weighted by Crippen LogP contribution is 2.49. The standard InChI is InChI=1S/C16H16O3/c1-10-8-11(5-6-14(10)18-2)16(17)13-9-12(13)15-4-3-7-19-15/h3-8,12-13H,9H2,1-2H3. The molecule has 2 atom stereocenters. The van der Waals surface area contributed by atoms with Gasteiger partial charge in [-0.05, 0) is 49.2 Å². The van der Waals surface area contributed by atoms with Crippen LogP contribution in [0.5, 0.6) is 5.75 Å². The van der Waals surface area contributed by atoms with E-state index in [4.69, 9.17) is 9.15 Å². The normalized spacial score (nSPS) is 21.2. The lowest BCUT2D eigenvalue weighted by Crippen LogP contribution is -2.03. The zero-order valence-corrected chi connectivity index (χ0v) is 11.1. The number of ether oxygens (including phenoxy) is 1. The minimum absolute atomic E-state index is 0.0685. The molecule has 3 heteroatoms. The van der Waals surface area contributed by atoms with Gasteiger partial charge in [0.1, 0.15) is 11.5 Å². The van der Waals surface area contributed by atoms with Crippen LogP contribution < -0.4 is 4.74 Å². The topological polar surface area (TPSA) is 39.4 Å². The molecular formula is C16H16O3. The molecule has 1 aromatic carbocycles. The molecule has 1 heterocycles. The quantitative estimate of drug-likeness (QED) is 0.785. The van der Waals surface area contributed by atoms with Crippen molar-refractivity contribution in [3.8, 4) is 5.75 Å². The third kappa shape index (κ3) is 2.16. The van der Waals surface area contributed by atoms with Gasteiger partial charge in [0, 0.05) is 17.4 Å². The first-order valence-corrected chi connectivity index (χ1v) is 6.43. The summed E-state index contributed by atoms with van der Waals surface area (Å²) < 4.78 is 10.6. The van der Waals surface area contributed by atoms with Crippen molar-refractivity contribution in [1.82, 2.24) is 0 Å². The van der Waals surface area contributed by atoms with Crippen molar-refractivity contribution in [2.24, 2.45) is 5.92 Å². The summed E-state index contributed by atoms with van der Waals surface area (Å²) >= 11 is 0. The summed E-state index contributed by atoms with van der Waals surface area (Å²) in [5.41, 5.74) is 1.75. The van der Waals surface area contributed by atoms with Crippen molar-refractivity contribution in [3.63, 3.8) is 0 Å². The summed E-state index contributed by atoms with van der Waals surface area (Å²) in [4.78, 5) is 12.4. The highest BCUT2D eigenvalue weighted by molar-refractivity contribution is 6.00. The molecule has 98 valence electrons. The van der Waals surface area contributed by atoms with Crippen molar-refractivity contribution in [1.29, 1.82) is 0 Å². The maximum Gasteiger partial charge on any atom is 0.166 e. The summed E-state index contributed by atoms with van der Waals surface area (Å²) in [7, 11) is 1.64. The summed E-state index contributed by atoms with van der Waals surface area (Å²) in [6, 6.07) is 9.40. The molecule has 0 radical (unpaired) electrons. The fraction of sp³-hybridized carbons (Fsp3) is 0.312. The molecule has 1 saturated carbocycles. The minimum Gasteiger partial charge on any atom is -0.496 e. The zero-order valence-electron chi connectivity index (χ0n) is 11.1. The Morgan fingerprint density at radius 3 is 2.84 bits per heavy atom. The van der Waals surface area contributed by atoms with Gasteiger partial charge in [0.05, 0.1) is 13.4 Å². The first-order valence-electron chi connectivity index (χ1n) is 6.43. The molecular weight excluding hydrogens is 240 g/mol. The molecule has 0 aliphatic heterocycles. The molecule has 1 aromatic heterocycles. The zero-order chi connectivity index (χ0) is 13.4. The van der Waals surface area contributed by atoms with Crippen LogP contribution in [-0.2, 0) is 0 Å². The van der Waals surface area contributed by atoms with Gasteiger partial charge < -0.3 is 9.15 Å². The summed E-state index contributed by atoms with van der Waals surface area (Å²) in [6.45, 7) is 1.95. The Kier molecular flexibility index (Phi) is 2.90. The van der Waals surface area contributed by atoms with Crippen LogP contribution in [0.4, 0.5) is 0 Å². The fourth-order valence-corrected chi connectivity index (χ4v) is 2.55. The average Bonchev–Trinajstić information content (AvgIpc) is 3.03. The third-order valence-corrected chi connectivity index (χ3v) is 3.72. The summed E-state index contributed by atoms with van der Waals surface area (Å²) in [6.07, 6.45) is 2.55. The SMILES string of the molecule is COc1ccc(C(=O)C2CC2c2ccco2)cc1C. The number of rotatable bonds is 4. The van der Waals surface area contributed by atoms with Gasteiger partial charge in [-0.1, -0.05) is 0 Å². The third-order valence-electron chi connectivity index (χ3n) is 3.72. The van der Waals surface area contributed by atoms with E-state index in [0.29, 0.717) is 0 Å². The molecule has 0 N–H and O–H groups in total. The number of aryl methyl sites for hydroxylation is 1. The number of carbonyl (C=O) groups is 1. The Morgan fingerprint density at radius 2 is 2.21 bits per heavy atom. The molecule has 2 aromatic rings. The van der Waals surface area contributed by atoms with E-state index in [1.165, 1.54) is 0 Å². The van der Waals surface area contributed by atoms with Crippen LogP contribution in [0.1, 0.15) is 34.0 Å². The largest absolute Gasteiger partial charge is 0.496 e. The van der Waals surface area contributed by atoms with E-state index in [1.807, 2.05) is 37.3 Å². The molecule has 0 bridgehead atoms. The molecule has 0 saturated heterocycles. The minimum atomic E-state index is 0.0685. The molecule has 19 heavy (non-hydrogen) atoms.